The first-order valence-electron chi connectivity index (χ1n) is 5.40. The Balaban J connectivity index is 2.61. The highest BCUT2D eigenvalue weighted by Gasteiger charge is 2.16. The molecule has 0 fully saturated rings. The highest BCUT2D eigenvalue weighted by molar-refractivity contribution is 6.31. The molecule has 6 heteroatoms. The van der Waals surface area contributed by atoms with Crippen LogP contribution in [0.4, 0.5) is 0 Å². The summed E-state index contributed by atoms with van der Waals surface area (Å²) in [6.07, 6.45) is 1.52. The molecule has 0 radical (unpaired) electrons. The monoisotopic (exact) mass is 281 g/mol. The minimum absolute atomic E-state index is 0.0634. The molecule has 1 N–H and O–H groups in total. The van der Waals surface area contributed by atoms with Gasteiger partial charge in [0.25, 0.3) is 0 Å². The minimum Gasteiger partial charge on any atom is -0.497 e. The minimum atomic E-state index is -1.07. The van der Waals surface area contributed by atoms with Crippen molar-refractivity contribution in [2.24, 2.45) is 0 Å². The van der Waals surface area contributed by atoms with E-state index in [1.54, 1.807) is 25.3 Å². The maximum Gasteiger partial charge on any atom is 0.352 e. The summed E-state index contributed by atoms with van der Waals surface area (Å²) in [5.74, 6) is 0.0506. The first kappa shape index (κ1) is 13.3. The fourth-order valence-corrected chi connectivity index (χ4v) is 1.98. The van der Waals surface area contributed by atoms with E-state index in [2.05, 4.69) is 0 Å². The summed E-state index contributed by atoms with van der Waals surface area (Å²) in [7, 11) is 3.05. The normalized spacial score (nSPS) is 10.3. The smallest absolute Gasteiger partial charge is 0.352 e. The van der Waals surface area contributed by atoms with Gasteiger partial charge in [0.1, 0.15) is 17.2 Å². The van der Waals surface area contributed by atoms with Crippen LogP contribution in [0.25, 0.3) is 5.69 Å². The number of aromatic nitrogens is 1. The molecular weight excluding hydrogens is 270 g/mol. The molecular formula is C13H12ClNO4. The second kappa shape index (κ2) is 5.24. The molecule has 0 spiro atoms. The van der Waals surface area contributed by atoms with Gasteiger partial charge in [-0.1, -0.05) is 11.6 Å². The molecule has 0 saturated heterocycles. The molecule has 0 saturated carbocycles. The molecule has 0 aliphatic heterocycles. The van der Waals surface area contributed by atoms with E-state index in [1.807, 2.05) is 0 Å². The van der Waals surface area contributed by atoms with Crippen molar-refractivity contribution in [1.29, 1.82) is 0 Å². The zero-order chi connectivity index (χ0) is 14.0. The van der Waals surface area contributed by atoms with Crippen LogP contribution in [0.15, 0.2) is 30.5 Å². The van der Waals surface area contributed by atoms with Crippen molar-refractivity contribution in [3.63, 3.8) is 0 Å². The topological polar surface area (TPSA) is 60.7 Å². The number of aromatic carboxylic acids is 1. The summed E-state index contributed by atoms with van der Waals surface area (Å²) in [5, 5.41) is 9.50. The Kier molecular flexibility index (Phi) is 3.66. The van der Waals surface area contributed by atoms with Gasteiger partial charge in [-0.15, -0.1) is 0 Å². The molecule has 100 valence electrons. The van der Waals surface area contributed by atoms with E-state index < -0.39 is 5.97 Å². The van der Waals surface area contributed by atoms with Crippen molar-refractivity contribution in [2.75, 3.05) is 14.2 Å². The number of nitrogens with zero attached hydrogens (tertiary/aromatic N) is 1. The predicted octanol–water partition coefficient (Wildman–Crippen LogP) is 2.85. The number of ether oxygens (including phenoxy) is 2. The number of hydrogen-bond acceptors (Lipinski definition) is 3. The molecule has 1 heterocycles. The SMILES string of the molecule is COc1ccc(-n2cc(Cl)cc2C(=O)O)c(OC)c1. The highest BCUT2D eigenvalue weighted by atomic mass is 35.5. The van der Waals surface area contributed by atoms with Gasteiger partial charge < -0.3 is 19.1 Å². The van der Waals surface area contributed by atoms with Crippen LogP contribution in [-0.2, 0) is 0 Å². The predicted molar refractivity (Wildman–Crippen MR) is 70.8 cm³/mol. The Morgan fingerprint density at radius 3 is 2.58 bits per heavy atom. The molecule has 19 heavy (non-hydrogen) atoms. The van der Waals surface area contributed by atoms with Gasteiger partial charge in [0.05, 0.1) is 24.9 Å². The summed E-state index contributed by atoms with van der Waals surface area (Å²) in [5.41, 5.74) is 0.640. The summed E-state index contributed by atoms with van der Waals surface area (Å²) in [6, 6.07) is 6.49. The van der Waals surface area contributed by atoms with E-state index in [0.717, 1.165) is 0 Å². The van der Waals surface area contributed by atoms with Gasteiger partial charge in [-0.3, -0.25) is 0 Å². The first-order valence-corrected chi connectivity index (χ1v) is 5.78. The largest absolute Gasteiger partial charge is 0.497 e. The van der Waals surface area contributed by atoms with E-state index in [-0.39, 0.29) is 5.69 Å². The van der Waals surface area contributed by atoms with Crippen molar-refractivity contribution < 1.29 is 19.4 Å². The number of methoxy groups -OCH3 is 2. The van der Waals surface area contributed by atoms with E-state index in [1.165, 1.54) is 23.9 Å². The van der Waals surface area contributed by atoms with Gasteiger partial charge in [-0.25, -0.2) is 4.79 Å². The number of carboxylic acid groups (broad SMARTS) is 1. The second-order valence-electron chi connectivity index (χ2n) is 3.76. The number of carbonyl (C=O) groups is 1. The van der Waals surface area contributed by atoms with Crippen LogP contribution in [0.5, 0.6) is 11.5 Å². The Hall–Kier alpha value is -2.14. The molecule has 0 bridgehead atoms. The van der Waals surface area contributed by atoms with Gasteiger partial charge in [0, 0.05) is 12.3 Å². The van der Waals surface area contributed by atoms with Crippen LogP contribution >= 0.6 is 11.6 Å². The van der Waals surface area contributed by atoms with Crippen LogP contribution < -0.4 is 9.47 Å². The molecule has 5 nitrogen and oxygen atoms in total. The fourth-order valence-electron chi connectivity index (χ4n) is 1.78. The molecule has 0 unspecified atom stereocenters. The van der Waals surface area contributed by atoms with Gasteiger partial charge >= 0.3 is 5.97 Å². The first-order chi connectivity index (χ1) is 9.06. The summed E-state index contributed by atoms with van der Waals surface area (Å²) >= 11 is 5.86. The number of benzene rings is 1. The van der Waals surface area contributed by atoms with E-state index in [0.29, 0.717) is 22.2 Å². The number of rotatable bonds is 4. The average molecular weight is 282 g/mol. The summed E-state index contributed by atoms with van der Waals surface area (Å²) in [4.78, 5) is 11.2. The fraction of sp³-hybridized carbons (Fsp3) is 0.154. The lowest BCUT2D eigenvalue weighted by Crippen LogP contribution is -2.07. The molecule has 0 aliphatic carbocycles. The van der Waals surface area contributed by atoms with Crippen molar-refractivity contribution in [2.45, 2.75) is 0 Å². The summed E-state index contributed by atoms with van der Waals surface area (Å²) < 4.78 is 11.8. The average Bonchev–Trinajstić information content (AvgIpc) is 2.80. The van der Waals surface area contributed by atoms with Crippen LogP contribution in [-0.4, -0.2) is 29.9 Å². The standard InChI is InChI=1S/C13H12ClNO4/c1-18-9-3-4-10(12(6-9)19-2)15-7-8(14)5-11(15)13(16)17/h3-7H,1-2H3,(H,16,17). The Bertz CT molecular complexity index is 621. The zero-order valence-corrected chi connectivity index (χ0v) is 11.1. The van der Waals surface area contributed by atoms with Crippen LogP contribution in [0.1, 0.15) is 10.5 Å². The Labute approximate surface area is 114 Å². The third-order valence-electron chi connectivity index (χ3n) is 2.65. The number of halogens is 1. The lowest BCUT2D eigenvalue weighted by Gasteiger charge is -2.12. The van der Waals surface area contributed by atoms with Crippen molar-refractivity contribution in [3.05, 3.63) is 41.2 Å². The second-order valence-corrected chi connectivity index (χ2v) is 4.19. The van der Waals surface area contributed by atoms with Crippen LogP contribution in [0.2, 0.25) is 5.02 Å². The van der Waals surface area contributed by atoms with E-state index in [4.69, 9.17) is 26.2 Å². The molecule has 2 aromatic rings. The quantitative estimate of drug-likeness (QED) is 0.936. The Morgan fingerprint density at radius 2 is 2.00 bits per heavy atom. The maximum atomic E-state index is 11.2. The molecule has 1 aromatic heterocycles. The molecule has 2 rings (SSSR count). The van der Waals surface area contributed by atoms with Gasteiger partial charge in [0.15, 0.2) is 0 Å². The zero-order valence-electron chi connectivity index (χ0n) is 10.4. The summed E-state index contributed by atoms with van der Waals surface area (Å²) in [6.45, 7) is 0. The van der Waals surface area contributed by atoms with E-state index in [9.17, 15) is 4.79 Å². The number of hydrogen-bond donors (Lipinski definition) is 1. The molecule has 1 aromatic carbocycles. The Morgan fingerprint density at radius 1 is 1.26 bits per heavy atom. The van der Waals surface area contributed by atoms with Gasteiger partial charge in [-0.2, -0.15) is 0 Å². The lowest BCUT2D eigenvalue weighted by molar-refractivity contribution is 0.0688. The van der Waals surface area contributed by atoms with Crippen molar-refractivity contribution in [3.8, 4) is 17.2 Å². The maximum absolute atomic E-state index is 11.2. The van der Waals surface area contributed by atoms with Gasteiger partial charge in [-0.05, 0) is 18.2 Å². The van der Waals surface area contributed by atoms with Crippen molar-refractivity contribution >= 4 is 17.6 Å². The number of carboxylic acids is 1. The van der Waals surface area contributed by atoms with Gasteiger partial charge in [0.2, 0.25) is 0 Å². The van der Waals surface area contributed by atoms with Crippen molar-refractivity contribution in [1.82, 2.24) is 4.57 Å². The molecule has 0 amide bonds. The van der Waals surface area contributed by atoms with E-state index >= 15 is 0 Å². The molecule has 0 aliphatic rings. The third kappa shape index (κ3) is 2.51. The highest BCUT2D eigenvalue weighted by Crippen LogP contribution is 2.30. The third-order valence-corrected chi connectivity index (χ3v) is 2.86. The lowest BCUT2D eigenvalue weighted by atomic mass is 10.2. The van der Waals surface area contributed by atoms with Crippen LogP contribution in [0, 0.1) is 0 Å². The van der Waals surface area contributed by atoms with Crippen LogP contribution in [0.3, 0.4) is 0 Å². The molecule has 0 atom stereocenters.